The first-order chi connectivity index (χ1) is 26.2. The van der Waals surface area contributed by atoms with Crippen molar-refractivity contribution in [1.82, 2.24) is 15.1 Å². The second kappa shape index (κ2) is 15.3. The highest BCUT2D eigenvalue weighted by Gasteiger charge is 2.34. The van der Waals surface area contributed by atoms with Crippen LogP contribution in [0.25, 0.3) is 22.3 Å². The van der Waals surface area contributed by atoms with Gasteiger partial charge < -0.3 is 15.0 Å². The average molecular weight is 782 g/mol. The summed E-state index contributed by atoms with van der Waals surface area (Å²) < 4.78 is 78.9. The molecule has 0 aromatic heterocycles. The van der Waals surface area contributed by atoms with Crippen LogP contribution in [0.15, 0.2) is 101 Å². The molecule has 11 nitrogen and oxygen atoms in total. The molecule has 2 aliphatic heterocycles. The second-order valence-corrected chi connectivity index (χ2v) is 17.1. The molecule has 5 aromatic carbocycles. The van der Waals surface area contributed by atoms with Crippen LogP contribution in [-0.2, 0) is 46.5 Å². The van der Waals surface area contributed by atoms with E-state index in [1.807, 2.05) is 36.4 Å². The molecule has 2 heterocycles. The highest BCUT2D eigenvalue weighted by atomic mass is 32.2. The fraction of sp³-hybridized carbons (Fsp3) is 0.262. The fourth-order valence-corrected chi connectivity index (χ4v) is 8.88. The Kier molecular flexibility index (Phi) is 10.7. The molecule has 286 valence electrons. The molecule has 1 saturated heterocycles. The summed E-state index contributed by atoms with van der Waals surface area (Å²) in [6.45, 7) is 10.4. The van der Waals surface area contributed by atoms with Crippen molar-refractivity contribution in [3.05, 3.63) is 136 Å². The van der Waals surface area contributed by atoms with Crippen molar-refractivity contribution in [3.8, 4) is 28.0 Å². The van der Waals surface area contributed by atoms with Gasteiger partial charge in [0.05, 0.1) is 5.56 Å². The molecule has 0 bridgehead atoms. The van der Waals surface area contributed by atoms with Crippen molar-refractivity contribution < 1.29 is 35.5 Å². The molecule has 0 aliphatic carbocycles. The van der Waals surface area contributed by atoms with Gasteiger partial charge in [-0.2, -0.15) is 16.8 Å². The number of hydrogen-bond acceptors (Lipinski definition) is 8. The molecule has 13 heteroatoms. The Bertz CT molecular complexity index is 2520. The smallest absolute Gasteiger partial charge is 0.295 e. The van der Waals surface area contributed by atoms with Crippen LogP contribution < -0.4 is 10.1 Å². The summed E-state index contributed by atoms with van der Waals surface area (Å²) in [6.07, 6.45) is 0. The van der Waals surface area contributed by atoms with E-state index in [0.29, 0.717) is 29.8 Å². The number of ether oxygens (including phenoxy) is 1. The summed E-state index contributed by atoms with van der Waals surface area (Å²) in [5.74, 6) is -0.322. The van der Waals surface area contributed by atoms with Gasteiger partial charge in [0, 0.05) is 62.5 Å². The van der Waals surface area contributed by atoms with Crippen LogP contribution in [-0.4, -0.2) is 67.8 Å². The number of nitrogens with one attached hydrogen (secondary N) is 1. The highest BCUT2D eigenvalue weighted by Crippen LogP contribution is 2.45. The Hall–Kier alpha value is -4.89. The van der Waals surface area contributed by atoms with E-state index >= 15 is 4.79 Å². The van der Waals surface area contributed by atoms with Crippen molar-refractivity contribution in [2.45, 2.75) is 56.8 Å². The van der Waals surface area contributed by atoms with E-state index in [0.717, 1.165) is 55.0 Å². The Labute approximate surface area is 322 Å². The second-order valence-electron chi connectivity index (χ2n) is 14.3. The molecule has 7 rings (SSSR count). The van der Waals surface area contributed by atoms with Crippen LogP contribution in [0, 0.1) is 20.8 Å². The first kappa shape index (κ1) is 38.4. The zero-order valence-corrected chi connectivity index (χ0v) is 32.5. The maximum Gasteiger partial charge on any atom is 0.295 e. The van der Waals surface area contributed by atoms with Crippen LogP contribution in [0.1, 0.15) is 49.3 Å². The maximum atomic E-state index is 15.2. The number of carbonyl (C=O) groups is 1. The quantitative estimate of drug-likeness (QED) is 0.133. The lowest BCUT2D eigenvalue weighted by Crippen LogP contribution is -2.42. The van der Waals surface area contributed by atoms with Gasteiger partial charge in [0.25, 0.3) is 26.1 Å². The molecule has 0 atom stereocenters. The SMILES string of the molecule is Cc1ccc(S(=O)(=O)O)c(-c2cc(-c3cc(C)ccc3S(=O)(=O)O)c(C(=O)N3Cc4ccc(CN5CCNCC5)cc4C3)c(OCc3ccccc3)c2C)c1. The third-order valence-electron chi connectivity index (χ3n) is 10.3. The number of aryl methyl sites for hydroxylation is 2. The number of carbonyl (C=O) groups excluding carboxylic acids is 1. The Balaban J connectivity index is 1.44. The third-order valence-corrected chi connectivity index (χ3v) is 12.1. The zero-order valence-electron chi connectivity index (χ0n) is 30.9. The minimum absolute atomic E-state index is 0.0262. The van der Waals surface area contributed by atoms with Crippen LogP contribution in [0.5, 0.6) is 5.75 Å². The minimum Gasteiger partial charge on any atom is -0.488 e. The first-order valence-corrected chi connectivity index (χ1v) is 20.9. The molecule has 1 amide bonds. The van der Waals surface area contributed by atoms with Gasteiger partial charge in [0.15, 0.2) is 0 Å². The summed E-state index contributed by atoms with van der Waals surface area (Å²) in [4.78, 5) is 18.4. The van der Waals surface area contributed by atoms with E-state index < -0.39 is 31.0 Å². The number of benzene rings is 5. The van der Waals surface area contributed by atoms with Gasteiger partial charge in [-0.05, 0) is 72.4 Å². The minimum atomic E-state index is -4.82. The van der Waals surface area contributed by atoms with Crippen molar-refractivity contribution in [2.75, 3.05) is 26.2 Å². The summed E-state index contributed by atoms with van der Waals surface area (Å²) >= 11 is 0. The maximum absolute atomic E-state index is 15.2. The van der Waals surface area contributed by atoms with E-state index in [1.54, 1.807) is 56.0 Å². The monoisotopic (exact) mass is 781 g/mol. The van der Waals surface area contributed by atoms with Gasteiger partial charge >= 0.3 is 0 Å². The molecule has 5 aromatic rings. The van der Waals surface area contributed by atoms with E-state index in [9.17, 15) is 25.9 Å². The molecule has 3 N–H and O–H groups in total. The van der Waals surface area contributed by atoms with Crippen LogP contribution in [0.4, 0.5) is 0 Å². The largest absolute Gasteiger partial charge is 0.488 e. The average Bonchev–Trinajstić information content (AvgIpc) is 3.57. The van der Waals surface area contributed by atoms with Crippen molar-refractivity contribution in [1.29, 1.82) is 0 Å². The summed E-state index contributed by atoms with van der Waals surface area (Å²) in [5, 5.41) is 3.38. The topological polar surface area (TPSA) is 154 Å². The molecule has 0 radical (unpaired) electrons. The highest BCUT2D eigenvalue weighted by molar-refractivity contribution is 7.86. The molecule has 0 spiro atoms. The lowest BCUT2D eigenvalue weighted by molar-refractivity contribution is 0.0747. The number of amides is 1. The van der Waals surface area contributed by atoms with Crippen LogP contribution in [0.2, 0.25) is 0 Å². The zero-order chi connectivity index (χ0) is 39.1. The van der Waals surface area contributed by atoms with E-state index in [1.165, 1.54) is 12.1 Å². The predicted octanol–water partition coefficient (Wildman–Crippen LogP) is 6.58. The van der Waals surface area contributed by atoms with Gasteiger partial charge in [-0.3, -0.25) is 18.8 Å². The normalized spacial score (nSPS) is 14.9. The van der Waals surface area contributed by atoms with Gasteiger partial charge in [-0.25, -0.2) is 0 Å². The van der Waals surface area contributed by atoms with Gasteiger partial charge in [-0.1, -0.05) is 83.9 Å². The molecule has 1 fully saturated rings. The summed E-state index contributed by atoms with van der Waals surface area (Å²) in [6, 6.07) is 26.0. The van der Waals surface area contributed by atoms with Gasteiger partial charge in [0.1, 0.15) is 22.1 Å². The van der Waals surface area contributed by atoms with Crippen molar-refractivity contribution >= 4 is 26.1 Å². The summed E-state index contributed by atoms with van der Waals surface area (Å²) in [5.41, 5.74) is 6.31. The predicted molar refractivity (Wildman–Crippen MR) is 210 cm³/mol. The fourth-order valence-electron chi connectivity index (χ4n) is 7.51. The van der Waals surface area contributed by atoms with E-state index in [4.69, 9.17) is 4.74 Å². The molecular weight excluding hydrogens is 739 g/mol. The van der Waals surface area contributed by atoms with E-state index in [2.05, 4.69) is 22.3 Å². The molecular formula is C42H43N3O8S2. The molecule has 55 heavy (non-hydrogen) atoms. The molecule has 0 saturated carbocycles. The van der Waals surface area contributed by atoms with E-state index in [-0.39, 0.29) is 45.1 Å². The standard InChI is InChI=1S/C42H43N3O8S2/c1-27-9-13-38(54(47,48)49)35(19-27)34-22-37(36-20-28(2)10-14-39(36)55(50,51)52)40(41(29(34)3)53-26-30-7-5-4-6-8-30)42(46)45-24-32-12-11-31(21-33(32)25-45)23-44-17-15-43-16-18-44/h4-14,19-22,43H,15-18,23-26H2,1-3H3,(H,47,48,49)(H,50,51,52). The Morgan fingerprint density at radius 3 is 1.91 bits per heavy atom. The Morgan fingerprint density at radius 1 is 0.691 bits per heavy atom. The van der Waals surface area contributed by atoms with Crippen molar-refractivity contribution in [3.63, 3.8) is 0 Å². The van der Waals surface area contributed by atoms with Gasteiger partial charge in [-0.15, -0.1) is 0 Å². The number of hydrogen-bond donors (Lipinski definition) is 3. The van der Waals surface area contributed by atoms with Crippen molar-refractivity contribution in [2.24, 2.45) is 0 Å². The van der Waals surface area contributed by atoms with Crippen LogP contribution in [0.3, 0.4) is 0 Å². The van der Waals surface area contributed by atoms with Crippen LogP contribution >= 0.6 is 0 Å². The number of nitrogens with zero attached hydrogens (tertiary/aromatic N) is 2. The molecule has 0 unspecified atom stereocenters. The lowest BCUT2D eigenvalue weighted by atomic mass is 9.88. The lowest BCUT2D eigenvalue weighted by Gasteiger charge is -2.27. The number of piperazine rings is 1. The number of rotatable bonds is 10. The number of fused-ring (bicyclic) bond motifs is 1. The summed E-state index contributed by atoms with van der Waals surface area (Å²) in [7, 11) is -9.56. The third kappa shape index (κ3) is 8.23. The Morgan fingerprint density at radius 2 is 1.29 bits per heavy atom. The first-order valence-electron chi connectivity index (χ1n) is 18.0. The van der Waals surface area contributed by atoms with Gasteiger partial charge in [0.2, 0.25) is 0 Å². The molecule has 2 aliphatic rings.